The molecule has 100 valence electrons. The molecule has 2 unspecified atom stereocenters. The molecule has 1 aliphatic heterocycles. The van der Waals surface area contributed by atoms with Crippen molar-refractivity contribution < 1.29 is 4.79 Å². The fourth-order valence-electron chi connectivity index (χ4n) is 2.31. The number of halogens is 1. The minimum atomic E-state index is -0.0193. The van der Waals surface area contributed by atoms with E-state index in [0.29, 0.717) is 12.5 Å². The molecule has 0 aromatic carbocycles. The molecular formula is C13H19ClN2OS. The van der Waals surface area contributed by atoms with E-state index in [9.17, 15) is 4.79 Å². The van der Waals surface area contributed by atoms with E-state index in [1.165, 1.54) is 11.3 Å². The molecule has 2 heterocycles. The maximum atomic E-state index is 12.3. The maximum absolute atomic E-state index is 12.3. The van der Waals surface area contributed by atoms with Gasteiger partial charge in [0, 0.05) is 11.9 Å². The highest BCUT2D eigenvalue weighted by molar-refractivity contribution is 7.16. The van der Waals surface area contributed by atoms with Gasteiger partial charge in [0.05, 0.1) is 16.9 Å². The average molecular weight is 287 g/mol. The van der Waals surface area contributed by atoms with Gasteiger partial charge in [-0.05, 0) is 37.4 Å². The van der Waals surface area contributed by atoms with Crippen LogP contribution in [0.2, 0.25) is 4.34 Å². The number of thiophene rings is 1. The van der Waals surface area contributed by atoms with E-state index >= 15 is 0 Å². The number of amides is 1. The maximum Gasteiger partial charge on any atom is 0.239 e. The summed E-state index contributed by atoms with van der Waals surface area (Å²) in [6, 6.07) is 3.84. The van der Waals surface area contributed by atoms with Crippen LogP contribution in [0.5, 0.6) is 0 Å². The molecule has 0 spiro atoms. The number of carbonyl (C=O) groups is 1. The third kappa shape index (κ3) is 3.46. The van der Waals surface area contributed by atoms with Gasteiger partial charge in [0.25, 0.3) is 0 Å². The van der Waals surface area contributed by atoms with E-state index in [4.69, 9.17) is 11.6 Å². The summed E-state index contributed by atoms with van der Waals surface area (Å²) >= 11 is 7.43. The smallest absolute Gasteiger partial charge is 0.239 e. The van der Waals surface area contributed by atoms with E-state index in [0.717, 1.165) is 28.6 Å². The van der Waals surface area contributed by atoms with Gasteiger partial charge in [-0.15, -0.1) is 11.3 Å². The Balaban J connectivity index is 1.91. The lowest BCUT2D eigenvalue weighted by Crippen LogP contribution is -2.48. The van der Waals surface area contributed by atoms with Gasteiger partial charge >= 0.3 is 0 Å². The summed E-state index contributed by atoms with van der Waals surface area (Å²) in [4.78, 5) is 15.2. The number of nitrogens with one attached hydrogen (secondary N) is 1. The van der Waals surface area contributed by atoms with Crippen molar-refractivity contribution >= 4 is 28.8 Å². The SMILES string of the molecule is CC1CCNC(C(=O)N(C)Cc2ccc(Cl)s2)C1. The van der Waals surface area contributed by atoms with Gasteiger partial charge in [0.2, 0.25) is 5.91 Å². The summed E-state index contributed by atoms with van der Waals surface area (Å²) in [5.74, 6) is 0.816. The zero-order chi connectivity index (χ0) is 13.1. The molecule has 1 saturated heterocycles. The van der Waals surface area contributed by atoms with Crippen LogP contribution in [-0.4, -0.2) is 30.4 Å². The standard InChI is InChI=1S/C13H19ClN2OS/c1-9-5-6-15-11(7-9)13(17)16(2)8-10-3-4-12(14)18-10/h3-4,9,11,15H,5-8H2,1-2H3. The lowest BCUT2D eigenvalue weighted by molar-refractivity contribution is -0.133. The summed E-state index contributed by atoms with van der Waals surface area (Å²) in [5, 5.41) is 3.31. The molecule has 2 rings (SSSR count). The first-order chi connectivity index (χ1) is 8.56. The van der Waals surface area contributed by atoms with Crippen LogP contribution in [0.25, 0.3) is 0 Å². The van der Waals surface area contributed by atoms with E-state index in [-0.39, 0.29) is 11.9 Å². The van der Waals surface area contributed by atoms with Crippen LogP contribution in [0.15, 0.2) is 12.1 Å². The normalized spacial score (nSPS) is 23.9. The molecule has 0 aliphatic carbocycles. The Morgan fingerprint density at radius 1 is 1.61 bits per heavy atom. The van der Waals surface area contributed by atoms with Gasteiger partial charge in [-0.1, -0.05) is 18.5 Å². The van der Waals surface area contributed by atoms with E-state index in [2.05, 4.69) is 12.2 Å². The molecule has 1 fully saturated rings. The van der Waals surface area contributed by atoms with Crippen LogP contribution in [0.1, 0.15) is 24.6 Å². The highest BCUT2D eigenvalue weighted by Gasteiger charge is 2.26. The second-order valence-electron chi connectivity index (χ2n) is 5.04. The molecular weight excluding hydrogens is 268 g/mol. The summed E-state index contributed by atoms with van der Waals surface area (Å²) in [7, 11) is 1.86. The predicted molar refractivity (Wildman–Crippen MR) is 76.0 cm³/mol. The Morgan fingerprint density at radius 2 is 2.39 bits per heavy atom. The third-order valence-corrected chi connectivity index (χ3v) is 4.58. The highest BCUT2D eigenvalue weighted by Crippen LogP contribution is 2.23. The molecule has 0 saturated carbocycles. The molecule has 1 amide bonds. The number of piperidine rings is 1. The topological polar surface area (TPSA) is 32.3 Å². The Kier molecular flexibility index (Phi) is 4.65. The minimum absolute atomic E-state index is 0.0193. The molecule has 1 N–H and O–H groups in total. The van der Waals surface area contributed by atoms with Crippen LogP contribution >= 0.6 is 22.9 Å². The molecule has 5 heteroatoms. The number of rotatable bonds is 3. The second-order valence-corrected chi connectivity index (χ2v) is 6.84. The van der Waals surface area contributed by atoms with Gasteiger partial charge in [0.15, 0.2) is 0 Å². The van der Waals surface area contributed by atoms with Crippen LogP contribution in [0.3, 0.4) is 0 Å². The first kappa shape index (κ1) is 13.8. The average Bonchev–Trinajstić information content (AvgIpc) is 2.73. The molecule has 18 heavy (non-hydrogen) atoms. The number of carbonyl (C=O) groups excluding carboxylic acids is 1. The summed E-state index contributed by atoms with van der Waals surface area (Å²) in [5.41, 5.74) is 0. The van der Waals surface area contributed by atoms with E-state index in [1.807, 2.05) is 19.2 Å². The molecule has 1 aromatic rings. The zero-order valence-corrected chi connectivity index (χ0v) is 12.4. The van der Waals surface area contributed by atoms with Crippen molar-refractivity contribution in [3.05, 3.63) is 21.3 Å². The van der Waals surface area contributed by atoms with Gasteiger partial charge in [-0.25, -0.2) is 0 Å². The summed E-state index contributed by atoms with van der Waals surface area (Å²) in [6.07, 6.45) is 2.10. The summed E-state index contributed by atoms with van der Waals surface area (Å²) in [6.45, 7) is 3.79. The molecule has 0 bridgehead atoms. The third-order valence-electron chi connectivity index (χ3n) is 3.36. The largest absolute Gasteiger partial charge is 0.339 e. The Bertz CT molecular complexity index is 421. The Hall–Kier alpha value is -0.580. The van der Waals surface area contributed by atoms with Crippen molar-refractivity contribution in [3.8, 4) is 0 Å². The molecule has 2 atom stereocenters. The fourth-order valence-corrected chi connectivity index (χ4v) is 3.45. The van der Waals surface area contributed by atoms with Gasteiger partial charge in [-0.2, -0.15) is 0 Å². The van der Waals surface area contributed by atoms with Crippen molar-refractivity contribution in [1.82, 2.24) is 10.2 Å². The quantitative estimate of drug-likeness (QED) is 0.927. The highest BCUT2D eigenvalue weighted by atomic mass is 35.5. The first-order valence-corrected chi connectivity index (χ1v) is 7.48. The fraction of sp³-hybridized carbons (Fsp3) is 0.615. The van der Waals surface area contributed by atoms with Crippen molar-refractivity contribution in [2.75, 3.05) is 13.6 Å². The lowest BCUT2D eigenvalue weighted by Gasteiger charge is -2.30. The van der Waals surface area contributed by atoms with Crippen molar-refractivity contribution in [2.45, 2.75) is 32.4 Å². The molecule has 1 aromatic heterocycles. The van der Waals surface area contributed by atoms with Gasteiger partial charge < -0.3 is 10.2 Å². The van der Waals surface area contributed by atoms with Gasteiger partial charge in [-0.3, -0.25) is 4.79 Å². The minimum Gasteiger partial charge on any atom is -0.339 e. The zero-order valence-electron chi connectivity index (χ0n) is 10.8. The Morgan fingerprint density at radius 3 is 3.00 bits per heavy atom. The number of nitrogens with zero attached hydrogens (tertiary/aromatic N) is 1. The van der Waals surface area contributed by atoms with Gasteiger partial charge in [0.1, 0.15) is 0 Å². The number of likely N-dealkylation sites (N-methyl/N-ethyl adjacent to an activating group) is 1. The van der Waals surface area contributed by atoms with Crippen LogP contribution in [-0.2, 0) is 11.3 Å². The molecule has 0 radical (unpaired) electrons. The predicted octanol–water partition coefficient (Wildman–Crippen LogP) is 2.75. The summed E-state index contributed by atoms with van der Waals surface area (Å²) < 4.78 is 0.773. The second kappa shape index (κ2) is 6.04. The van der Waals surface area contributed by atoms with E-state index < -0.39 is 0 Å². The van der Waals surface area contributed by atoms with Crippen molar-refractivity contribution in [3.63, 3.8) is 0 Å². The number of hydrogen-bond acceptors (Lipinski definition) is 3. The molecule has 3 nitrogen and oxygen atoms in total. The van der Waals surface area contributed by atoms with E-state index in [1.54, 1.807) is 4.90 Å². The van der Waals surface area contributed by atoms with Crippen LogP contribution < -0.4 is 5.32 Å². The molecule has 1 aliphatic rings. The number of hydrogen-bond donors (Lipinski definition) is 1. The lowest BCUT2D eigenvalue weighted by atomic mass is 9.93. The Labute approximate surface area is 117 Å². The van der Waals surface area contributed by atoms with Crippen molar-refractivity contribution in [2.24, 2.45) is 5.92 Å². The van der Waals surface area contributed by atoms with Crippen LogP contribution in [0.4, 0.5) is 0 Å². The van der Waals surface area contributed by atoms with Crippen LogP contribution in [0, 0.1) is 5.92 Å². The first-order valence-electron chi connectivity index (χ1n) is 6.29. The van der Waals surface area contributed by atoms with Crippen molar-refractivity contribution in [1.29, 1.82) is 0 Å². The monoisotopic (exact) mass is 286 g/mol.